The lowest BCUT2D eigenvalue weighted by Crippen LogP contribution is -2.57. The largest absolute Gasteiger partial charge is 0.480 e. The van der Waals surface area contributed by atoms with Crippen molar-refractivity contribution in [2.75, 3.05) is 13.1 Å². The first kappa shape index (κ1) is 24.6. The molecular formula is C20H33N5O6. The topological polar surface area (TPSA) is 176 Å². The molecule has 174 valence electrons. The average molecular weight is 440 g/mol. The summed E-state index contributed by atoms with van der Waals surface area (Å²) in [6.45, 7) is 4.40. The summed E-state index contributed by atoms with van der Waals surface area (Å²) in [4.78, 5) is 64.3. The first-order chi connectivity index (χ1) is 14.5. The van der Waals surface area contributed by atoms with Gasteiger partial charge in [0.2, 0.25) is 23.6 Å². The summed E-state index contributed by atoms with van der Waals surface area (Å²) < 4.78 is 0. The molecule has 0 aromatic heterocycles. The Labute approximate surface area is 181 Å². The molecule has 0 radical (unpaired) electrons. The number of amides is 4. The molecular weight excluding hydrogens is 406 g/mol. The summed E-state index contributed by atoms with van der Waals surface area (Å²) >= 11 is 0. The van der Waals surface area contributed by atoms with Crippen molar-refractivity contribution in [2.24, 2.45) is 17.4 Å². The van der Waals surface area contributed by atoms with Gasteiger partial charge in [0.05, 0.1) is 12.5 Å². The van der Waals surface area contributed by atoms with Crippen molar-refractivity contribution in [2.45, 2.75) is 76.5 Å². The lowest BCUT2D eigenvalue weighted by Gasteiger charge is -2.32. The van der Waals surface area contributed by atoms with Crippen molar-refractivity contribution in [3.63, 3.8) is 0 Å². The Hall–Kier alpha value is -2.69. The Morgan fingerprint density at radius 1 is 1.03 bits per heavy atom. The van der Waals surface area contributed by atoms with Crippen LogP contribution in [0.25, 0.3) is 0 Å². The molecule has 11 heteroatoms. The molecule has 0 aromatic rings. The predicted octanol–water partition coefficient (Wildman–Crippen LogP) is -1.21. The van der Waals surface area contributed by atoms with Crippen molar-refractivity contribution in [3.8, 4) is 0 Å². The van der Waals surface area contributed by atoms with E-state index in [1.807, 2.05) is 13.8 Å². The van der Waals surface area contributed by atoms with E-state index in [0.29, 0.717) is 38.6 Å². The normalized spacial score (nSPS) is 23.0. The van der Waals surface area contributed by atoms with E-state index in [9.17, 15) is 29.1 Å². The zero-order valence-corrected chi connectivity index (χ0v) is 18.1. The SMILES string of the molecule is CC(C)CC(N)C(=O)NC(CC(N)=O)C(=O)N1CCCC1C(=O)N1CCCC1C(=O)O. The van der Waals surface area contributed by atoms with Gasteiger partial charge in [-0.25, -0.2) is 4.79 Å². The maximum absolute atomic E-state index is 13.2. The molecule has 2 heterocycles. The number of nitrogens with one attached hydrogen (secondary N) is 1. The minimum atomic E-state index is -1.23. The van der Waals surface area contributed by atoms with E-state index in [1.165, 1.54) is 9.80 Å². The van der Waals surface area contributed by atoms with E-state index in [4.69, 9.17) is 11.5 Å². The summed E-state index contributed by atoms with van der Waals surface area (Å²) in [6, 6.07) is -3.81. The number of hydrogen-bond acceptors (Lipinski definition) is 6. The maximum atomic E-state index is 13.2. The summed E-state index contributed by atoms with van der Waals surface area (Å²) in [7, 11) is 0. The Morgan fingerprint density at radius 2 is 1.61 bits per heavy atom. The Balaban J connectivity index is 2.15. The second kappa shape index (κ2) is 10.6. The number of carbonyl (C=O) groups excluding carboxylic acids is 4. The van der Waals surface area contributed by atoms with E-state index in [-0.39, 0.29) is 12.5 Å². The van der Waals surface area contributed by atoms with Crippen LogP contribution in [0, 0.1) is 5.92 Å². The monoisotopic (exact) mass is 439 g/mol. The molecule has 6 N–H and O–H groups in total. The number of aliphatic carboxylic acids is 1. The standard InChI is InChI=1S/C20H33N5O6/c1-11(2)9-12(21)17(27)23-13(10-16(22)26)18(28)24-7-3-5-14(24)19(29)25-8-4-6-15(25)20(30)31/h11-15H,3-10,21H2,1-2H3,(H2,22,26)(H,23,27)(H,30,31). The Morgan fingerprint density at radius 3 is 2.16 bits per heavy atom. The van der Waals surface area contributed by atoms with Gasteiger partial charge in [-0.3, -0.25) is 19.2 Å². The number of nitrogens with two attached hydrogens (primary N) is 2. The molecule has 2 saturated heterocycles. The van der Waals surface area contributed by atoms with E-state index in [1.54, 1.807) is 0 Å². The summed E-state index contributed by atoms with van der Waals surface area (Å²) in [6.07, 6.45) is 1.88. The number of nitrogens with zero attached hydrogens (tertiary/aromatic N) is 2. The van der Waals surface area contributed by atoms with Gasteiger partial charge < -0.3 is 31.7 Å². The van der Waals surface area contributed by atoms with Crippen LogP contribution in [0.3, 0.4) is 0 Å². The number of carboxylic acid groups (broad SMARTS) is 1. The molecule has 2 aliphatic heterocycles. The predicted molar refractivity (Wildman–Crippen MR) is 110 cm³/mol. The third-order valence-electron chi connectivity index (χ3n) is 5.72. The number of hydrogen-bond donors (Lipinski definition) is 4. The van der Waals surface area contributed by atoms with Crippen LogP contribution in [-0.4, -0.2) is 81.8 Å². The van der Waals surface area contributed by atoms with Gasteiger partial charge in [-0.2, -0.15) is 0 Å². The summed E-state index contributed by atoms with van der Waals surface area (Å²) in [5, 5.41) is 11.9. The molecule has 2 aliphatic rings. The fraction of sp³-hybridized carbons (Fsp3) is 0.750. The van der Waals surface area contributed by atoms with Gasteiger partial charge in [-0.15, -0.1) is 0 Å². The lowest BCUT2D eigenvalue weighted by atomic mass is 10.0. The minimum Gasteiger partial charge on any atom is -0.480 e. The molecule has 4 atom stereocenters. The molecule has 0 bridgehead atoms. The van der Waals surface area contributed by atoms with Crippen molar-refractivity contribution in [1.29, 1.82) is 0 Å². The van der Waals surface area contributed by atoms with Crippen molar-refractivity contribution in [3.05, 3.63) is 0 Å². The van der Waals surface area contributed by atoms with E-state index in [0.717, 1.165) is 0 Å². The molecule has 0 spiro atoms. The van der Waals surface area contributed by atoms with Gasteiger partial charge in [0.1, 0.15) is 18.1 Å². The number of carboxylic acids is 1. The lowest BCUT2D eigenvalue weighted by molar-refractivity contribution is -0.152. The molecule has 4 unspecified atom stereocenters. The average Bonchev–Trinajstić information content (AvgIpc) is 3.34. The molecule has 2 fully saturated rings. The van der Waals surface area contributed by atoms with Crippen LogP contribution in [0.1, 0.15) is 52.4 Å². The molecule has 0 aromatic carbocycles. The highest BCUT2D eigenvalue weighted by atomic mass is 16.4. The second-order valence-corrected chi connectivity index (χ2v) is 8.69. The quantitative estimate of drug-likeness (QED) is 0.348. The summed E-state index contributed by atoms with van der Waals surface area (Å²) in [5.41, 5.74) is 11.2. The maximum Gasteiger partial charge on any atom is 0.326 e. The van der Waals surface area contributed by atoms with Gasteiger partial charge in [0.25, 0.3) is 0 Å². The number of rotatable bonds is 9. The highest BCUT2D eigenvalue weighted by Crippen LogP contribution is 2.25. The van der Waals surface area contributed by atoms with E-state index >= 15 is 0 Å². The zero-order valence-electron chi connectivity index (χ0n) is 18.1. The van der Waals surface area contributed by atoms with Crippen LogP contribution >= 0.6 is 0 Å². The van der Waals surface area contributed by atoms with Crippen LogP contribution in [-0.2, 0) is 24.0 Å². The van der Waals surface area contributed by atoms with Gasteiger partial charge in [0, 0.05) is 13.1 Å². The number of primary amides is 1. The van der Waals surface area contributed by atoms with Gasteiger partial charge in [0.15, 0.2) is 0 Å². The molecule has 0 saturated carbocycles. The number of likely N-dealkylation sites (tertiary alicyclic amines) is 2. The smallest absolute Gasteiger partial charge is 0.326 e. The fourth-order valence-electron chi connectivity index (χ4n) is 4.26. The van der Waals surface area contributed by atoms with Crippen LogP contribution in [0.2, 0.25) is 0 Å². The number of carbonyl (C=O) groups is 5. The first-order valence-corrected chi connectivity index (χ1v) is 10.7. The van der Waals surface area contributed by atoms with E-state index < -0.39 is 60.2 Å². The Bertz CT molecular complexity index is 727. The first-order valence-electron chi connectivity index (χ1n) is 10.7. The third kappa shape index (κ3) is 6.16. The van der Waals surface area contributed by atoms with E-state index in [2.05, 4.69) is 5.32 Å². The van der Waals surface area contributed by atoms with Crippen molar-refractivity contribution >= 4 is 29.6 Å². The second-order valence-electron chi connectivity index (χ2n) is 8.69. The highest BCUT2D eigenvalue weighted by molar-refractivity contribution is 5.96. The van der Waals surface area contributed by atoms with Crippen LogP contribution in [0.5, 0.6) is 0 Å². The molecule has 2 rings (SSSR count). The molecule has 0 aliphatic carbocycles. The van der Waals surface area contributed by atoms with Crippen LogP contribution in [0.15, 0.2) is 0 Å². The minimum absolute atomic E-state index is 0.161. The Kier molecular flexibility index (Phi) is 8.37. The highest BCUT2D eigenvalue weighted by Gasteiger charge is 2.43. The van der Waals surface area contributed by atoms with Crippen molar-refractivity contribution < 1.29 is 29.1 Å². The van der Waals surface area contributed by atoms with Crippen LogP contribution in [0.4, 0.5) is 0 Å². The summed E-state index contributed by atoms with van der Waals surface area (Å²) in [5.74, 6) is -3.26. The molecule has 4 amide bonds. The van der Waals surface area contributed by atoms with Gasteiger partial charge in [-0.05, 0) is 38.0 Å². The van der Waals surface area contributed by atoms with Gasteiger partial charge >= 0.3 is 5.97 Å². The van der Waals surface area contributed by atoms with Crippen LogP contribution < -0.4 is 16.8 Å². The third-order valence-corrected chi connectivity index (χ3v) is 5.72. The molecule has 31 heavy (non-hydrogen) atoms. The fourth-order valence-corrected chi connectivity index (χ4v) is 4.26. The van der Waals surface area contributed by atoms with Crippen molar-refractivity contribution in [1.82, 2.24) is 15.1 Å². The zero-order chi connectivity index (χ0) is 23.3. The molecule has 11 nitrogen and oxygen atoms in total. The van der Waals surface area contributed by atoms with Gasteiger partial charge in [-0.1, -0.05) is 13.8 Å².